The number of ether oxygens (including phenoxy) is 2. The second-order valence-corrected chi connectivity index (χ2v) is 5.83. The van der Waals surface area contributed by atoms with Crippen LogP contribution in [0, 0.1) is 5.21 Å². The Hall–Kier alpha value is -1.85. The summed E-state index contributed by atoms with van der Waals surface area (Å²) in [6, 6.07) is 9.41. The third-order valence-electron chi connectivity index (χ3n) is 3.65. The van der Waals surface area contributed by atoms with Crippen LogP contribution in [-0.4, -0.2) is 30.5 Å². The van der Waals surface area contributed by atoms with E-state index in [9.17, 15) is 10.0 Å². The van der Waals surface area contributed by atoms with E-state index in [0.717, 1.165) is 31.2 Å². The number of carbonyl (C=O) groups is 1. The maximum atomic E-state index is 12.7. The molecule has 24 heavy (non-hydrogen) atoms. The molecule has 0 bridgehead atoms. The first-order chi connectivity index (χ1) is 11.6. The number of hydroxylamine groups is 3. The summed E-state index contributed by atoms with van der Waals surface area (Å²) in [4.78, 5) is 11.5. The van der Waals surface area contributed by atoms with Crippen LogP contribution in [0.5, 0.6) is 0 Å². The SMILES string of the molecule is CCCC[N+]([O-])(/C=C/COC(=O)OCc1ccccc1)CCCC. The summed E-state index contributed by atoms with van der Waals surface area (Å²) in [5.74, 6) is 0. The Bertz CT molecular complexity index is 479. The zero-order chi connectivity index (χ0) is 17.7. The predicted octanol–water partition coefficient (Wildman–Crippen LogP) is 4.77. The van der Waals surface area contributed by atoms with Gasteiger partial charge in [0.2, 0.25) is 0 Å². The molecule has 0 saturated heterocycles. The van der Waals surface area contributed by atoms with E-state index in [4.69, 9.17) is 9.47 Å². The summed E-state index contributed by atoms with van der Waals surface area (Å²) in [5, 5.41) is 12.7. The van der Waals surface area contributed by atoms with Gasteiger partial charge in [0, 0.05) is 6.08 Å². The van der Waals surface area contributed by atoms with Gasteiger partial charge < -0.3 is 19.3 Å². The van der Waals surface area contributed by atoms with Crippen molar-refractivity contribution >= 4 is 6.16 Å². The van der Waals surface area contributed by atoms with Crippen molar-refractivity contribution in [1.29, 1.82) is 0 Å². The lowest BCUT2D eigenvalue weighted by Gasteiger charge is -2.39. The van der Waals surface area contributed by atoms with E-state index in [2.05, 4.69) is 13.8 Å². The van der Waals surface area contributed by atoms with Gasteiger partial charge in [0.05, 0.1) is 19.3 Å². The molecule has 0 fully saturated rings. The topological polar surface area (TPSA) is 58.6 Å². The van der Waals surface area contributed by atoms with Crippen LogP contribution in [0.1, 0.15) is 45.1 Å². The van der Waals surface area contributed by atoms with Crippen LogP contribution < -0.4 is 0 Å². The van der Waals surface area contributed by atoms with Gasteiger partial charge in [-0.3, -0.25) is 0 Å². The van der Waals surface area contributed by atoms with Crippen molar-refractivity contribution in [3.8, 4) is 0 Å². The summed E-state index contributed by atoms with van der Waals surface area (Å²) < 4.78 is 9.63. The van der Waals surface area contributed by atoms with E-state index >= 15 is 0 Å². The zero-order valence-electron chi connectivity index (χ0n) is 14.8. The summed E-state index contributed by atoms with van der Waals surface area (Å²) >= 11 is 0. The highest BCUT2D eigenvalue weighted by Gasteiger charge is 2.12. The van der Waals surface area contributed by atoms with E-state index in [1.165, 1.54) is 0 Å². The molecular weight excluding hydrogens is 306 g/mol. The molecule has 0 heterocycles. The fraction of sp³-hybridized carbons (Fsp3) is 0.526. The summed E-state index contributed by atoms with van der Waals surface area (Å²) in [6.45, 7) is 5.49. The van der Waals surface area contributed by atoms with E-state index < -0.39 is 6.16 Å². The molecule has 1 rings (SSSR count). The third kappa shape index (κ3) is 8.70. The standard InChI is InChI=1S/C19H29NO4/c1-3-5-13-20(22,14-6-4-2)15-10-16-23-19(21)24-17-18-11-8-7-9-12-18/h7-12,15H,3-6,13-14,16-17H2,1-2H3/b15-10+. The van der Waals surface area contributed by atoms with Gasteiger partial charge in [-0.25, -0.2) is 4.79 Å². The molecule has 5 nitrogen and oxygen atoms in total. The van der Waals surface area contributed by atoms with Gasteiger partial charge in [-0.05, 0) is 18.4 Å². The largest absolute Gasteiger partial charge is 0.628 e. The van der Waals surface area contributed by atoms with Crippen molar-refractivity contribution in [3.05, 3.63) is 53.4 Å². The normalized spacial score (nSPS) is 11.6. The molecule has 0 saturated carbocycles. The van der Waals surface area contributed by atoms with Gasteiger partial charge in [-0.1, -0.05) is 57.0 Å². The van der Waals surface area contributed by atoms with Gasteiger partial charge in [-0.2, -0.15) is 0 Å². The van der Waals surface area contributed by atoms with Crippen LogP contribution in [0.2, 0.25) is 0 Å². The molecule has 0 aliphatic rings. The minimum Gasteiger partial charge on any atom is -0.628 e. The lowest BCUT2D eigenvalue weighted by atomic mass is 10.2. The molecule has 0 N–H and O–H groups in total. The first kappa shape index (κ1) is 20.2. The van der Waals surface area contributed by atoms with Crippen LogP contribution in [0.3, 0.4) is 0 Å². The molecule has 0 radical (unpaired) electrons. The second kappa shape index (κ2) is 11.6. The molecule has 5 heteroatoms. The Morgan fingerprint density at radius 3 is 2.29 bits per heavy atom. The number of quaternary nitrogens is 1. The highest BCUT2D eigenvalue weighted by atomic mass is 16.7. The minimum atomic E-state index is -0.727. The molecule has 0 atom stereocenters. The lowest BCUT2D eigenvalue weighted by Crippen LogP contribution is -2.38. The van der Waals surface area contributed by atoms with E-state index in [1.54, 1.807) is 12.3 Å². The van der Waals surface area contributed by atoms with Crippen molar-refractivity contribution in [3.63, 3.8) is 0 Å². The van der Waals surface area contributed by atoms with Gasteiger partial charge >= 0.3 is 6.16 Å². The fourth-order valence-electron chi connectivity index (χ4n) is 2.22. The summed E-state index contributed by atoms with van der Waals surface area (Å²) in [5.41, 5.74) is 0.902. The Morgan fingerprint density at radius 2 is 1.71 bits per heavy atom. The Balaban J connectivity index is 2.33. The maximum Gasteiger partial charge on any atom is 0.508 e. The van der Waals surface area contributed by atoms with E-state index in [-0.39, 0.29) is 17.9 Å². The summed E-state index contributed by atoms with van der Waals surface area (Å²) in [7, 11) is 0. The van der Waals surface area contributed by atoms with Crippen molar-refractivity contribution in [2.24, 2.45) is 0 Å². The first-order valence-corrected chi connectivity index (χ1v) is 8.68. The van der Waals surface area contributed by atoms with Crippen molar-refractivity contribution in [2.75, 3.05) is 19.7 Å². The highest BCUT2D eigenvalue weighted by molar-refractivity contribution is 5.60. The van der Waals surface area contributed by atoms with Crippen LogP contribution in [0.4, 0.5) is 4.79 Å². The smallest absolute Gasteiger partial charge is 0.508 e. The molecular formula is C19H29NO4. The van der Waals surface area contributed by atoms with Crippen molar-refractivity contribution in [2.45, 2.75) is 46.1 Å². The Morgan fingerprint density at radius 1 is 1.08 bits per heavy atom. The number of carbonyl (C=O) groups excluding carboxylic acids is 1. The van der Waals surface area contributed by atoms with E-state index in [1.807, 2.05) is 30.3 Å². The average Bonchev–Trinajstić information content (AvgIpc) is 2.61. The molecule has 1 aromatic rings. The maximum absolute atomic E-state index is 12.7. The van der Waals surface area contributed by atoms with Crippen molar-refractivity contribution < 1.29 is 18.9 Å². The summed E-state index contributed by atoms with van der Waals surface area (Å²) in [6.07, 6.45) is 6.23. The average molecular weight is 335 g/mol. The van der Waals surface area contributed by atoms with E-state index in [0.29, 0.717) is 13.1 Å². The number of nitrogens with zero attached hydrogens (tertiary/aromatic N) is 1. The van der Waals surface area contributed by atoms with Gasteiger partial charge in [0.15, 0.2) is 0 Å². The van der Waals surface area contributed by atoms with Crippen LogP contribution in [0.25, 0.3) is 0 Å². The number of unbranched alkanes of at least 4 members (excludes halogenated alkanes) is 2. The number of benzene rings is 1. The van der Waals surface area contributed by atoms with Crippen LogP contribution >= 0.6 is 0 Å². The molecule has 0 spiro atoms. The van der Waals surface area contributed by atoms with Crippen LogP contribution in [0.15, 0.2) is 42.6 Å². The van der Waals surface area contributed by atoms with Gasteiger partial charge in [0.1, 0.15) is 13.2 Å². The predicted molar refractivity (Wildman–Crippen MR) is 94.9 cm³/mol. The molecule has 1 aromatic carbocycles. The van der Waals surface area contributed by atoms with Gasteiger partial charge in [0.25, 0.3) is 0 Å². The Labute approximate surface area is 145 Å². The third-order valence-corrected chi connectivity index (χ3v) is 3.65. The van der Waals surface area contributed by atoms with Crippen LogP contribution in [-0.2, 0) is 16.1 Å². The van der Waals surface area contributed by atoms with Gasteiger partial charge in [-0.15, -0.1) is 0 Å². The second-order valence-electron chi connectivity index (χ2n) is 5.83. The number of hydrogen-bond acceptors (Lipinski definition) is 4. The first-order valence-electron chi connectivity index (χ1n) is 8.68. The fourth-order valence-corrected chi connectivity index (χ4v) is 2.22. The molecule has 0 unspecified atom stereocenters. The quantitative estimate of drug-likeness (QED) is 0.332. The molecule has 0 amide bonds. The zero-order valence-corrected chi connectivity index (χ0v) is 14.8. The Kier molecular flexibility index (Phi) is 9.80. The van der Waals surface area contributed by atoms with Crippen molar-refractivity contribution in [1.82, 2.24) is 0 Å². The molecule has 134 valence electrons. The molecule has 0 aliphatic carbocycles. The monoisotopic (exact) mass is 335 g/mol. The lowest BCUT2D eigenvalue weighted by molar-refractivity contribution is -0.829. The molecule has 0 aromatic heterocycles. The molecule has 0 aliphatic heterocycles. The highest BCUT2D eigenvalue weighted by Crippen LogP contribution is 2.11. The number of rotatable bonds is 11. The number of hydrogen-bond donors (Lipinski definition) is 0. The minimum absolute atomic E-state index is 0.0497.